The Morgan fingerprint density at radius 1 is 0.271 bits per heavy atom. The van der Waals surface area contributed by atoms with Crippen LogP contribution in [0.4, 0.5) is 0 Å². The molecular weight excluding hydrogens is 845 g/mol. The van der Waals surface area contributed by atoms with Gasteiger partial charge < -0.3 is 9.13 Å². The SMILES string of the molecule is Cc1cc(C)cc(-n2c3ccccc3c3cc(-c4ccc5c(c4)C(C)(C)c4cc6c(cc4-5)C(C)(C)c4cc(-c5ccc(-c7ccc8c(c7)c7ccccc7n8-c7ccccc7)cc5)ccc4-6)ccc32)c1. The van der Waals surface area contributed by atoms with Crippen molar-refractivity contribution in [2.45, 2.75) is 52.4 Å². The molecule has 0 fully saturated rings. The lowest BCUT2D eigenvalue weighted by Crippen LogP contribution is -2.17. The Morgan fingerprint density at radius 3 is 1.16 bits per heavy atom. The molecule has 0 amide bonds. The highest BCUT2D eigenvalue weighted by Crippen LogP contribution is 2.57. The van der Waals surface area contributed by atoms with Crippen LogP contribution in [0.5, 0.6) is 0 Å². The fourth-order valence-corrected chi connectivity index (χ4v) is 12.7. The second-order valence-corrected chi connectivity index (χ2v) is 21.1. The third-order valence-corrected chi connectivity index (χ3v) is 16.2. The fourth-order valence-electron chi connectivity index (χ4n) is 12.7. The van der Waals surface area contributed by atoms with Crippen LogP contribution in [0.25, 0.3) is 111 Å². The van der Waals surface area contributed by atoms with Gasteiger partial charge in [-0.1, -0.05) is 149 Å². The highest BCUT2D eigenvalue weighted by molar-refractivity contribution is 6.12. The maximum Gasteiger partial charge on any atom is 0.0541 e. The quantitative estimate of drug-likeness (QED) is 0.163. The number of rotatable bonds is 5. The number of nitrogens with zero attached hydrogens (tertiary/aromatic N) is 2. The summed E-state index contributed by atoms with van der Waals surface area (Å²) in [4.78, 5) is 0. The molecule has 0 saturated carbocycles. The topological polar surface area (TPSA) is 9.86 Å². The molecule has 12 aromatic rings. The Morgan fingerprint density at radius 2 is 0.643 bits per heavy atom. The lowest BCUT2D eigenvalue weighted by Gasteiger charge is -2.24. The van der Waals surface area contributed by atoms with Gasteiger partial charge in [0.15, 0.2) is 0 Å². The van der Waals surface area contributed by atoms with E-state index in [-0.39, 0.29) is 10.8 Å². The lowest BCUT2D eigenvalue weighted by molar-refractivity contribution is 0.652. The molecule has 0 atom stereocenters. The zero-order valence-corrected chi connectivity index (χ0v) is 40.5. The molecule has 0 bridgehead atoms. The summed E-state index contributed by atoms with van der Waals surface area (Å²) in [5.41, 5.74) is 28.1. The maximum absolute atomic E-state index is 2.54. The number of fused-ring (bicyclic) bond motifs is 12. The van der Waals surface area contributed by atoms with E-state index in [2.05, 4.69) is 257 Å². The minimum atomic E-state index is -0.156. The van der Waals surface area contributed by atoms with Crippen LogP contribution in [0.2, 0.25) is 0 Å². The molecule has 2 aliphatic carbocycles. The van der Waals surface area contributed by atoms with Crippen LogP contribution >= 0.6 is 0 Å². The van der Waals surface area contributed by atoms with E-state index in [0.29, 0.717) is 0 Å². The van der Waals surface area contributed by atoms with Crippen molar-refractivity contribution < 1.29 is 0 Å². The molecule has 10 aromatic carbocycles. The van der Waals surface area contributed by atoms with E-state index in [0.717, 1.165) is 0 Å². The second-order valence-electron chi connectivity index (χ2n) is 21.1. The summed E-state index contributed by atoms with van der Waals surface area (Å²) < 4.78 is 4.81. The van der Waals surface area contributed by atoms with Gasteiger partial charge in [-0.05, 0) is 188 Å². The summed E-state index contributed by atoms with van der Waals surface area (Å²) in [5, 5.41) is 5.11. The van der Waals surface area contributed by atoms with Gasteiger partial charge in [-0.3, -0.25) is 0 Å². The van der Waals surface area contributed by atoms with Gasteiger partial charge in [0, 0.05) is 43.7 Å². The van der Waals surface area contributed by atoms with E-state index >= 15 is 0 Å². The van der Waals surface area contributed by atoms with Gasteiger partial charge in [0.05, 0.1) is 22.1 Å². The molecule has 70 heavy (non-hydrogen) atoms. The molecular formula is C68H52N2. The minimum absolute atomic E-state index is 0.150. The minimum Gasteiger partial charge on any atom is -0.309 e. The Labute approximate surface area is 409 Å². The molecule has 0 N–H and O–H groups in total. The van der Waals surface area contributed by atoms with Crippen molar-refractivity contribution >= 4 is 43.6 Å². The predicted octanol–water partition coefficient (Wildman–Crippen LogP) is 18.1. The molecule has 0 aliphatic heterocycles. The van der Waals surface area contributed by atoms with Gasteiger partial charge in [-0.15, -0.1) is 0 Å². The van der Waals surface area contributed by atoms with E-state index in [1.807, 2.05) is 0 Å². The van der Waals surface area contributed by atoms with Crippen molar-refractivity contribution in [3.05, 3.63) is 240 Å². The fraction of sp³-hybridized carbons (Fsp3) is 0.118. The highest BCUT2D eigenvalue weighted by atomic mass is 15.0. The van der Waals surface area contributed by atoms with Gasteiger partial charge in [0.25, 0.3) is 0 Å². The first-order chi connectivity index (χ1) is 34.0. The smallest absolute Gasteiger partial charge is 0.0541 e. The molecule has 2 aromatic heterocycles. The first kappa shape index (κ1) is 40.8. The van der Waals surface area contributed by atoms with Crippen LogP contribution in [0.3, 0.4) is 0 Å². The van der Waals surface area contributed by atoms with Crippen molar-refractivity contribution in [1.29, 1.82) is 0 Å². The molecule has 14 rings (SSSR count). The Hall–Kier alpha value is -8.20. The molecule has 0 radical (unpaired) electrons. The van der Waals surface area contributed by atoms with Crippen molar-refractivity contribution in [1.82, 2.24) is 9.13 Å². The number of aromatic nitrogens is 2. The number of benzene rings is 10. The van der Waals surface area contributed by atoms with E-state index in [9.17, 15) is 0 Å². The zero-order valence-electron chi connectivity index (χ0n) is 40.5. The molecule has 0 saturated heterocycles. The molecule has 334 valence electrons. The second kappa shape index (κ2) is 14.7. The van der Waals surface area contributed by atoms with Crippen LogP contribution in [0.15, 0.2) is 206 Å². The summed E-state index contributed by atoms with van der Waals surface area (Å²) in [6.45, 7) is 14.0. The van der Waals surface area contributed by atoms with Gasteiger partial charge in [-0.25, -0.2) is 0 Å². The van der Waals surface area contributed by atoms with Crippen LogP contribution in [-0.2, 0) is 10.8 Å². The first-order valence-electron chi connectivity index (χ1n) is 24.8. The van der Waals surface area contributed by atoms with E-state index in [1.54, 1.807) is 0 Å². The van der Waals surface area contributed by atoms with Crippen molar-refractivity contribution in [3.63, 3.8) is 0 Å². The largest absolute Gasteiger partial charge is 0.309 e. The highest BCUT2D eigenvalue weighted by Gasteiger charge is 2.42. The standard InChI is InChI=1S/C68H52N2/c1-41-32-42(2)34-50(33-41)70-64-19-13-11-17-54(64)58-36-46(27-31-66(58)70)48-25-29-52-56-40-61-55(39-62(56)68(5,6)60(52)38-48)51-28-24-47(37-59(51)67(61,3)4)44-22-20-43(21-23-44)45-26-30-65-57(35-45)53-16-10-12-18-63(53)69(65)49-14-8-7-9-15-49/h7-40H,1-6H3. The lowest BCUT2D eigenvalue weighted by atomic mass is 9.79. The van der Waals surface area contributed by atoms with Crippen LogP contribution < -0.4 is 0 Å². The number of hydrogen-bond acceptors (Lipinski definition) is 0. The third-order valence-electron chi connectivity index (χ3n) is 16.2. The summed E-state index contributed by atoms with van der Waals surface area (Å²) in [6, 6.07) is 77.8. The monoisotopic (exact) mass is 896 g/mol. The third kappa shape index (κ3) is 5.86. The van der Waals surface area contributed by atoms with E-state index in [4.69, 9.17) is 0 Å². The normalized spacial score (nSPS) is 14.1. The van der Waals surface area contributed by atoms with Crippen molar-refractivity contribution in [3.8, 4) is 67.0 Å². The number of hydrogen-bond donors (Lipinski definition) is 0. The van der Waals surface area contributed by atoms with Gasteiger partial charge >= 0.3 is 0 Å². The van der Waals surface area contributed by atoms with E-state index in [1.165, 1.54) is 144 Å². The van der Waals surface area contributed by atoms with Crippen LogP contribution in [0, 0.1) is 13.8 Å². The van der Waals surface area contributed by atoms with Crippen molar-refractivity contribution in [2.75, 3.05) is 0 Å². The Bertz CT molecular complexity index is 4150. The van der Waals surface area contributed by atoms with Gasteiger partial charge in [-0.2, -0.15) is 0 Å². The first-order valence-corrected chi connectivity index (χ1v) is 24.8. The van der Waals surface area contributed by atoms with Crippen LogP contribution in [-0.4, -0.2) is 9.13 Å². The average molecular weight is 897 g/mol. The molecule has 0 unspecified atom stereocenters. The van der Waals surface area contributed by atoms with Crippen LogP contribution in [0.1, 0.15) is 61.1 Å². The van der Waals surface area contributed by atoms with E-state index < -0.39 is 0 Å². The summed E-state index contributed by atoms with van der Waals surface area (Å²) >= 11 is 0. The van der Waals surface area contributed by atoms with Gasteiger partial charge in [0.1, 0.15) is 0 Å². The average Bonchev–Trinajstić information content (AvgIpc) is 4.03. The summed E-state index contributed by atoms with van der Waals surface area (Å²) in [7, 11) is 0. The molecule has 2 nitrogen and oxygen atoms in total. The summed E-state index contributed by atoms with van der Waals surface area (Å²) in [5.74, 6) is 0. The van der Waals surface area contributed by atoms with Crippen molar-refractivity contribution in [2.24, 2.45) is 0 Å². The number of para-hydroxylation sites is 3. The molecule has 0 spiro atoms. The number of aryl methyl sites for hydroxylation is 2. The predicted molar refractivity (Wildman–Crippen MR) is 296 cm³/mol. The molecule has 2 heterocycles. The molecule has 2 heteroatoms. The van der Waals surface area contributed by atoms with Gasteiger partial charge in [0.2, 0.25) is 0 Å². The Balaban J connectivity index is 0.783. The zero-order chi connectivity index (χ0) is 47.2. The Kier molecular flexibility index (Phi) is 8.55. The maximum atomic E-state index is 2.54. The molecule has 2 aliphatic rings. The summed E-state index contributed by atoms with van der Waals surface area (Å²) in [6.07, 6.45) is 0.